The van der Waals surface area contributed by atoms with Crippen LogP contribution in [0.3, 0.4) is 0 Å². The van der Waals surface area contributed by atoms with Crippen molar-refractivity contribution in [3.05, 3.63) is 56.5 Å². The van der Waals surface area contributed by atoms with E-state index in [1.54, 1.807) is 37.4 Å². The Bertz CT molecular complexity index is 698. The van der Waals surface area contributed by atoms with Crippen molar-refractivity contribution in [2.24, 2.45) is 0 Å². The lowest BCUT2D eigenvalue weighted by atomic mass is 10.0. The Morgan fingerprint density at radius 3 is 2.29 bits per heavy atom. The van der Waals surface area contributed by atoms with Gasteiger partial charge in [-0.3, -0.25) is 4.79 Å². The molecular weight excluding hydrogens is 356 g/mol. The molecule has 0 saturated heterocycles. The predicted molar refractivity (Wildman–Crippen MR) is 86.9 cm³/mol. The van der Waals surface area contributed by atoms with Crippen LogP contribution in [0.4, 0.5) is 0 Å². The first kappa shape index (κ1) is 15.9. The molecule has 0 aliphatic heterocycles. The van der Waals surface area contributed by atoms with Crippen LogP contribution in [0.2, 0.25) is 5.02 Å². The molecule has 0 atom stereocenters. The fourth-order valence-electron chi connectivity index (χ4n) is 1.97. The van der Waals surface area contributed by atoms with Crippen LogP contribution in [0.5, 0.6) is 11.5 Å². The summed E-state index contributed by atoms with van der Waals surface area (Å²) in [6, 6.07) is 8.58. The third-order valence-corrected chi connectivity index (χ3v) is 4.22. The van der Waals surface area contributed by atoms with Crippen LogP contribution in [0.15, 0.2) is 34.8 Å². The second-order valence-corrected chi connectivity index (χ2v) is 5.74. The van der Waals surface area contributed by atoms with Crippen LogP contribution in [0.25, 0.3) is 0 Å². The van der Waals surface area contributed by atoms with Gasteiger partial charge in [-0.25, -0.2) is 0 Å². The lowest BCUT2D eigenvalue weighted by Gasteiger charge is -2.11. The highest BCUT2D eigenvalue weighted by molar-refractivity contribution is 9.10. The zero-order valence-electron chi connectivity index (χ0n) is 11.9. The molecule has 0 unspecified atom stereocenters. The van der Waals surface area contributed by atoms with Crippen molar-refractivity contribution in [3.8, 4) is 11.5 Å². The SMILES string of the molecule is COc1cc(Br)c(C(=O)c2ccc(Cl)c(C)c2)cc1OC. The van der Waals surface area contributed by atoms with Crippen LogP contribution < -0.4 is 9.47 Å². The van der Waals surface area contributed by atoms with Crippen molar-refractivity contribution in [2.45, 2.75) is 6.92 Å². The van der Waals surface area contributed by atoms with Gasteiger partial charge in [-0.1, -0.05) is 11.6 Å². The Morgan fingerprint density at radius 1 is 1.10 bits per heavy atom. The molecule has 2 rings (SSSR count). The minimum absolute atomic E-state index is 0.109. The second-order valence-electron chi connectivity index (χ2n) is 4.48. The molecule has 0 fully saturated rings. The zero-order valence-corrected chi connectivity index (χ0v) is 14.2. The van der Waals surface area contributed by atoms with Crippen molar-refractivity contribution in [1.82, 2.24) is 0 Å². The first-order chi connectivity index (χ1) is 9.97. The van der Waals surface area contributed by atoms with Crippen molar-refractivity contribution in [2.75, 3.05) is 14.2 Å². The predicted octanol–water partition coefficient (Wildman–Crippen LogP) is 4.66. The molecule has 0 saturated carbocycles. The molecule has 5 heteroatoms. The average Bonchev–Trinajstić information content (AvgIpc) is 2.49. The Balaban J connectivity index is 2.50. The molecule has 2 aromatic rings. The van der Waals surface area contributed by atoms with E-state index in [2.05, 4.69) is 15.9 Å². The van der Waals surface area contributed by atoms with Crippen LogP contribution in [-0.4, -0.2) is 20.0 Å². The number of ketones is 1. The molecule has 0 N–H and O–H groups in total. The molecule has 3 nitrogen and oxygen atoms in total. The van der Waals surface area contributed by atoms with Gasteiger partial charge in [0.1, 0.15) is 0 Å². The molecular formula is C16H14BrClO3. The summed E-state index contributed by atoms with van der Waals surface area (Å²) < 4.78 is 11.1. The molecule has 0 bridgehead atoms. The fourth-order valence-corrected chi connectivity index (χ4v) is 2.59. The van der Waals surface area contributed by atoms with Crippen molar-refractivity contribution >= 4 is 33.3 Å². The molecule has 0 aliphatic rings. The summed E-state index contributed by atoms with van der Waals surface area (Å²) >= 11 is 9.39. The maximum atomic E-state index is 12.6. The summed E-state index contributed by atoms with van der Waals surface area (Å²) in [5.41, 5.74) is 1.94. The highest BCUT2D eigenvalue weighted by Crippen LogP contribution is 2.34. The maximum absolute atomic E-state index is 12.6. The van der Waals surface area contributed by atoms with Crippen LogP contribution in [0.1, 0.15) is 21.5 Å². The molecule has 0 radical (unpaired) electrons. The molecule has 0 aliphatic carbocycles. The van der Waals surface area contributed by atoms with Crippen molar-refractivity contribution < 1.29 is 14.3 Å². The lowest BCUT2D eigenvalue weighted by molar-refractivity contribution is 0.103. The normalized spacial score (nSPS) is 10.3. The lowest BCUT2D eigenvalue weighted by Crippen LogP contribution is -2.04. The first-order valence-corrected chi connectivity index (χ1v) is 7.37. The number of hydrogen-bond acceptors (Lipinski definition) is 3. The standard InChI is InChI=1S/C16H14BrClO3/c1-9-6-10(4-5-13(9)18)16(19)11-7-14(20-2)15(21-3)8-12(11)17/h4-8H,1-3H3. The Morgan fingerprint density at radius 2 is 1.71 bits per heavy atom. The van der Waals surface area contributed by atoms with Gasteiger partial charge in [-0.05, 0) is 58.7 Å². The van der Waals surface area contributed by atoms with Crippen LogP contribution in [0, 0.1) is 6.92 Å². The highest BCUT2D eigenvalue weighted by Gasteiger charge is 2.17. The number of methoxy groups -OCH3 is 2. The molecule has 110 valence electrons. The summed E-state index contributed by atoms with van der Waals surface area (Å²) in [6.45, 7) is 1.86. The van der Waals surface area contributed by atoms with Gasteiger partial charge in [-0.15, -0.1) is 0 Å². The van der Waals surface area contributed by atoms with Crippen molar-refractivity contribution in [3.63, 3.8) is 0 Å². The number of carbonyl (C=O) groups excluding carboxylic acids is 1. The van der Waals surface area contributed by atoms with Gasteiger partial charge in [0, 0.05) is 20.6 Å². The van der Waals surface area contributed by atoms with E-state index in [0.717, 1.165) is 5.56 Å². The number of hydrogen-bond donors (Lipinski definition) is 0. The number of carbonyl (C=O) groups is 1. The molecule has 0 spiro atoms. The van der Waals surface area contributed by atoms with Crippen LogP contribution in [-0.2, 0) is 0 Å². The van der Waals surface area contributed by atoms with E-state index in [0.29, 0.717) is 32.1 Å². The average molecular weight is 370 g/mol. The number of halogens is 2. The first-order valence-electron chi connectivity index (χ1n) is 6.20. The Labute approximate surface area is 137 Å². The fraction of sp³-hybridized carbons (Fsp3) is 0.188. The molecule has 0 aromatic heterocycles. The minimum atomic E-state index is -0.109. The topological polar surface area (TPSA) is 35.5 Å². The van der Waals surface area contributed by atoms with Gasteiger partial charge in [0.2, 0.25) is 0 Å². The summed E-state index contributed by atoms with van der Waals surface area (Å²) in [5, 5.41) is 0.637. The van der Waals surface area contributed by atoms with Gasteiger partial charge in [0.05, 0.1) is 14.2 Å². The van der Waals surface area contributed by atoms with Crippen LogP contribution >= 0.6 is 27.5 Å². The smallest absolute Gasteiger partial charge is 0.194 e. The summed E-state index contributed by atoms with van der Waals surface area (Å²) in [6.07, 6.45) is 0. The summed E-state index contributed by atoms with van der Waals surface area (Å²) in [4.78, 5) is 12.6. The van der Waals surface area contributed by atoms with E-state index in [1.165, 1.54) is 7.11 Å². The number of ether oxygens (including phenoxy) is 2. The van der Waals surface area contributed by atoms with Crippen molar-refractivity contribution in [1.29, 1.82) is 0 Å². The van der Waals surface area contributed by atoms with E-state index >= 15 is 0 Å². The highest BCUT2D eigenvalue weighted by atomic mass is 79.9. The van der Waals surface area contributed by atoms with Gasteiger partial charge >= 0.3 is 0 Å². The van der Waals surface area contributed by atoms with E-state index in [4.69, 9.17) is 21.1 Å². The summed E-state index contributed by atoms with van der Waals surface area (Å²) in [7, 11) is 3.08. The molecule has 21 heavy (non-hydrogen) atoms. The monoisotopic (exact) mass is 368 g/mol. The van der Waals surface area contributed by atoms with Gasteiger partial charge < -0.3 is 9.47 Å². The Hall–Kier alpha value is -1.52. The number of aryl methyl sites for hydroxylation is 1. The van der Waals surface area contributed by atoms with E-state index < -0.39 is 0 Å². The second kappa shape index (κ2) is 6.50. The van der Waals surface area contributed by atoms with Gasteiger partial charge in [0.25, 0.3) is 0 Å². The third kappa shape index (κ3) is 3.22. The molecule has 2 aromatic carbocycles. The van der Waals surface area contributed by atoms with E-state index in [1.807, 2.05) is 6.92 Å². The van der Waals surface area contributed by atoms with E-state index in [9.17, 15) is 4.79 Å². The third-order valence-electron chi connectivity index (χ3n) is 3.14. The number of benzene rings is 2. The minimum Gasteiger partial charge on any atom is -0.493 e. The van der Waals surface area contributed by atoms with Gasteiger partial charge in [-0.2, -0.15) is 0 Å². The van der Waals surface area contributed by atoms with E-state index in [-0.39, 0.29) is 5.78 Å². The number of rotatable bonds is 4. The molecule has 0 heterocycles. The maximum Gasteiger partial charge on any atom is 0.194 e. The Kier molecular flexibility index (Phi) is 4.91. The molecule has 0 amide bonds. The quantitative estimate of drug-likeness (QED) is 0.735. The van der Waals surface area contributed by atoms with Gasteiger partial charge in [0.15, 0.2) is 17.3 Å². The largest absolute Gasteiger partial charge is 0.493 e. The zero-order chi connectivity index (χ0) is 15.6. The summed E-state index contributed by atoms with van der Waals surface area (Å²) in [5.74, 6) is 0.963.